The number of pyridine rings is 1. The summed E-state index contributed by atoms with van der Waals surface area (Å²) in [4.78, 5) is 18.7. The van der Waals surface area contributed by atoms with Gasteiger partial charge in [0.05, 0.1) is 30.4 Å². The molecule has 3 heterocycles. The van der Waals surface area contributed by atoms with E-state index in [9.17, 15) is 0 Å². The number of methoxy groups -OCH3 is 1. The summed E-state index contributed by atoms with van der Waals surface area (Å²) in [6, 6.07) is 4.43. The molecule has 0 unspecified atom stereocenters. The Morgan fingerprint density at radius 1 is 1.08 bits per heavy atom. The van der Waals surface area contributed by atoms with E-state index in [4.69, 9.17) is 14.7 Å². The lowest BCUT2D eigenvalue weighted by atomic mass is 10.1. The maximum Gasteiger partial charge on any atom is 0.222 e. The number of nitrogens with zero attached hydrogens (tertiary/aromatic N) is 5. The molecular formula is C20H27N5O. The van der Waals surface area contributed by atoms with Crippen LogP contribution in [0.4, 0.5) is 0 Å². The minimum absolute atomic E-state index is 0.336. The van der Waals surface area contributed by atoms with Crippen LogP contribution in [-0.2, 0) is 0 Å². The summed E-state index contributed by atoms with van der Waals surface area (Å²) in [6.45, 7) is 10.6. The van der Waals surface area contributed by atoms with Crippen LogP contribution < -0.4 is 4.74 Å². The molecule has 0 aliphatic heterocycles. The minimum atomic E-state index is 0.336. The molecule has 0 spiro atoms. The first-order valence-electron chi connectivity index (χ1n) is 9.26. The van der Waals surface area contributed by atoms with Crippen molar-refractivity contribution < 1.29 is 4.74 Å². The number of aromatic nitrogens is 5. The van der Waals surface area contributed by atoms with Gasteiger partial charge in [0.25, 0.3) is 0 Å². The Morgan fingerprint density at radius 3 is 2.42 bits per heavy atom. The Kier molecular flexibility index (Phi) is 5.20. The molecule has 0 aliphatic rings. The summed E-state index contributed by atoms with van der Waals surface area (Å²) >= 11 is 0. The fourth-order valence-electron chi connectivity index (χ4n) is 3.25. The number of hydrogen-bond acceptors (Lipinski definition) is 5. The molecule has 0 aromatic carbocycles. The Morgan fingerprint density at radius 2 is 1.81 bits per heavy atom. The number of fused-ring (bicyclic) bond motifs is 1. The van der Waals surface area contributed by atoms with Crippen molar-refractivity contribution in [1.82, 2.24) is 24.5 Å². The van der Waals surface area contributed by atoms with Crippen molar-refractivity contribution in [3.8, 4) is 17.1 Å². The van der Waals surface area contributed by atoms with E-state index in [0.29, 0.717) is 23.5 Å². The molecule has 6 nitrogen and oxygen atoms in total. The topological polar surface area (TPSA) is 65.7 Å². The van der Waals surface area contributed by atoms with E-state index in [1.807, 2.05) is 25.4 Å². The molecule has 0 radical (unpaired) electrons. The molecule has 3 aromatic rings. The second-order valence-electron chi connectivity index (χ2n) is 6.87. The molecule has 6 heteroatoms. The highest BCUT2D eigenvalue weighted by Gasteiger charge is 2.19. The lowest BCUT2D eigenvalue weighted by Crippen LogP contribution is -2.07. The quantitative estimate of drug-likeness (QED) is 0.643. The predicted molar refractivity (Wildman–Crippen MR) is 104 cm³/mol. The van der Waals surface area contributed by atoms with Crippen LogP contribution in [0.2, 0.25) is 0 Å². The van der Waals surface area contributed by atoms with Crippen molar-refractivity contribution in [3.63, 3.8) is 0 Å². The zero-order valence-corrected chi connectivity index (χ0v) is 16.4. The molecule has 138 valence electrons. The molecular weight excluding hydrogens is 326 g/mol. The third kappa shape index (κ3) is 3.16. The number of imidazole rings is 1. The van der Waals surface area contributed by atoms with Crippen molar-refractivity contribution in [2.45, 2.75) is 59.4 Å². The summed E-state index contributed by atoms with van der Waals surface area (Å²) in [7, 11) is 1.64. The van der Waals surface area contributed by atoms with Crippen LogP contribution in [0.3, 0.4) is 0 Å². The van der Waals surface area contributed by atoms with E-state index in [-0.39, 0.29) is 0 Å². The van der Waals surface area contributed by atoms with Crippen LogP contribution in [0.5, 0.6) is 5.88 Å². The van der Waals surface area contributed by atoms with Gasteiger partial charge in [-0.15, -0.1) is 0 Å². The van der Waals surface area contributed by atoms with Crippen molar-refractivity contribution in [1.29, 1.82) is 0 Å². The van der Waals surface area contributed by atoms with Crippen LogP contribution in [0.1, 0.15) is 63.9 Å². The van der Waals surface area contributed by atoms with Gasteiger partial charge in [0.2, 0.25) is 5.88 Å². The first-order chi connectivity index (χ1) is 12.5. The second kappa shape index (κ2) is 7.40. The van der Waals surface area contributed by atoms with E-state index in [1.54, 1.807) is 7.11 Å². The van der Waals surface area contributed by atoms with E-state index in [0.717, 1.165) is 41.1 Å². The molecule has 0 amide bonds. The first kappa shape index (κ1) is 18.3. The Hall–Kier alpha value is -2.50. The zero-order valence-electron chi connectivity index (χ0n) is 16.4. The first-order valence-corrected chi connectivity index (χ1v) is 9.26. The Labute approximate surface area is 154 Å². The van der Waals surface area contributed by atoms with Gasteiger partial charge >= 0.3 is 0 Å². The molecule has 0 bridgehead atoms. The van der Waals surface area contributed by atoms with Gasteiger partial charge in [0.15, 0.2) is 11.3 Å². The summed E-state index contributed by atoms with van der Waals surface area (Å²) in [6.07, 6.45) is 3.93. The highest BCUT2D eigenvalue weighted by molar-refractivity contribution is 5.75. The van der Waals surface area contributed by atoms with E-state index in [1.165, 1.54) is 0 Å². The summed E-state index contributed by atoms with van der Waals surface area (Å²) in [5.74, 6) is 0.913. The molecule has 3 aromatic heterocycles. The molecule has 0 saturated heterocycles. The number of aryl methyl sites for hydroxylation is 1. The molecule has 0 N–H and O–H groups in total. The van der Waals surface area contributed by atoms with Crippen molar-refractivity contribution in [3.05, 3.63) is 29.8 Å². The SMILES string of the molecule is CCC(CC)n1cnc2nc(-c3ccc(C(C)C)nc3OC)c(C)nc21. The summed E-state index contributed by atoms with van der Waals surface area (Å²) in [5, 5.41) is 0. The van der Waals surface area contributed by atoms with E-state index >= 15 is 0 Å². The van der Waals surface area contributed by atoms with Crippen LogP contribution >= 0.6 is 0 Å². The Bertz CT molecular complexity index is 912. The summed E-state index contributed by atoms with van der Waals surface area (Å²) < 4.78 is 7.67. The highest BCUT2D eigenvalue weighted by atomic mass is 16.5. The smallest absolute Gasteiger partial charge is 0.222 e. The average molecular weight is 353 g/mol. The van der Waals surface area contributed by atoms with Crippen LogP contribution in [0, 0.1) is 6.92 Å². The monoisotopic (exact) mass is 353 g/mol. The van der Waals surface area contributed by atoms with Crippen LogP contribution in [-0.4, -0.2) is 31.6 Å². The van der Waals surface area contributed by atoms with Gasteiger partial charge in [-0.1, -0.05) is 27.7 Å². The Balaban J connectivity index is 2.14. The number of ether oxygens (including phenoxy) is 1. The van der Waals surface area contributed by atoms with Crippen LogP contribution in [0.25, 0.3) is 22.6 Å². The third-order valence-electron chi connectivity index (χ3n) is 4.84. The number of rotatable bonds is 6. The predicted octanol–water partition coefficient (Wildman–Crippen LogP) is 4.69. The minimum Gasteiger partial charge on any atom is -0.480 e. The molecule has 0 aliphatic carbocycles. The fourth-order valence-corrected chi connectivity index (χ4v) is 3.25. The molecule has 3 rings (SSSR count). The fraction of sp³-hybridized carbons (Fsp3) is 0.500. The largest absolute Gasteiger partial charge is 0.480 e. The van der Waals surface area contributed by atoms with Crippen molar-refractivity contribution in [2.75, 3.05) is 7.11 Å². The van der Waals surface area contributed by atoms with Gasteiger partial charge < -0.3 is 9.30 Å². The standard InChI is InChI=1S/C20H27N5O/c1-7-14(8-2)25-11-21-18-19(25)22-13(5)17(24-18)15-9-10-16(12(3)4)23-20(15)26-6/h9-12,14H,7-8H2,1-6H3. The van der Waals surface area contributed by atoms with Gasteiger partial charge in [-0.25, -0.2) is 19.9 Å². The third-order valence-corrected chi connectivity index (χ3v) is 4.84. The van der Waals surface area contributed by atoms with Crippen molar-refractivity contribution in [2.24, 2.45) is 0 Å². The molecule has 0 fully saturated rings. The maximum atomic E-state index is 5.53. The maximum absolute atomic E-state index is 5.53. The van der Waals surface area contributed by atoms with E-state index in [2.05, 4.69) is 42.2 Å². The van der Waals surface area contributed by atoms with Crippen molar-refractivity contribution >= 4 is 11.3 Å². The normalized spacial score (nSPS) is 11.7. The highest BCUT2D eigenvalue weighted by Crippen LogP contribution is 2.32. The summed E-state index contributed by atoms with van der Waals surface area (Å²) in [5.41, 5.74) is 4.96. The zero-order chi connectivity index (χ0) is 18.8. The van der Waals surface area contributed by atoms with Gasteiger partial charge in [-0.05, 0) is 37.8 Å². The van der Waals surface area contributed by atoms with E-state index < -0.39 is 0 Å². The number of hydrogen-bond donors (Lipinski definition) is 0. The second-order valence-corrected chi connectivity index (χ2v) is 6.87. The molecule has 0 saturated carbocycles. The lowest BCUT2D eigenvalue weighted by molar-refractivity contribution is 0.397. The average Bonchev–Trinajstić information content (AvgIpc) is 3.04. The molecule has 0 atom stereocenters. The lowest BCUT2D eigenvalue weighted by Gasteiger charge is -2.15. The van der Waals surface area contributed by atoms with Gasteiger partial charge in [0, 0.05) is 11.7 Å². The van der Waals surface area contributed by atoms with Gasteiger partial charge in [-0.3, -0.25) is 0 Å². The van der Waals surface area contributed by atoms with Gasteiger partial charge in [0.1, 0.15) is 0 Å². The molecule has 26 heavy (non-hydrogen) atoms. The van der Waals surface area contributed by atoms with Gasteiger partial charge in [-0.2, -0.15) is 0 Å². The van der Waals surface area contributed by atoms with Crippen LogP contribution in [0.15, 0.2) is 18.5 Å².